The molecule has 0 radical (unpaired) electrons. The second-order valence-corrected chi connectivity index (χ2v) is 3.38. The van der Waals surface area contributed by atoms with Gasteiger partial charge < -0.3 is 4.42 Å². The van der Waals surface area contributed by atoms with Crippen LogP contribution < -0.4 is 0 Å². The van der Waals surface area contributed by atoms with Crippen molar-refractivity contribution in [1.29, 1.82) is 0 Å². The van der Waals surface area contributed by atoms with Crippen LogP contribution >= 0.6 is 0 Å². The van der Waals surface area contributed by atoms with Gasteiger partial charge in [0.15, 0.2) is 0 Å². The highest BCUT2D eigenvalue weighted by Crippen LogP contribution is 2.30. The molecule has 0 N–H and O–H groups in total. The lowest BCUT2D eigenvalue weighted by atomic mass is 10.2. The zero-order chi connectivity index (χ0) is 11.5. The van der Waals surface area contributed by atoms with Crippen LogP contribution in [0, 0.1) is 13.8 Å². The number of carbonyl (C=O) groups excluding carboxylic acids is 1. The summed E-state index contributed by atoms with van der Waals surface area (Å²) in [6.45, 7) is 3.71. The molecule has 2 rings (SSSR count). The molecule has 0 amide bonds. The summed E-state index contributed by atoms with van der Waals surface area (Å²) in [6.07, 6.45) is 1.52. The number of aliphatic imine (C=N–C) groups is 1. The van der Waals surface area contributed by atoms with E-state index in [0.717, 1.165) is 11.5 Å². The second-order valence-electron chi connectivity index (χ2n) is 3.38. The van der Waals surface area contributed by atoms with Gasteiger partial charge in [0.2, 0.25) is 12.0 Å². The molecule has 0 unspecified atom stereocenters. The van der Waals surface area contributed by atoms with Gasteiger partial charge in [0.25, 0.3) is 0 Å². The largest absolute Gasteiger partial charge is 0.441 e. The van der Waals surface area contributed by atoms with E-state index in [1.807, 2.05) is 19.9 Å². The summed E-state index contributed by atoms with van der Waals surface area (Å²) in [7, 11) is 0. The molecule has 0 aliphatic rings. The predicted octanol–water partition coefficient (Wildman–Crippen LogP) is 2.93. The van der Waals surface area contributed by atoms with Gasteiger partial charge >= 0.3 is 0 Å². The highest BCUT2D eigenvalue weighted by Gasteiger charge is 2.11. The highest BCUT2D eigenvalue weighted by molar-refractivity contribution is 5.72. The molecular weight excluding hydrogens is 204 g/mol. The smallest absolute Gasteiger partial charge is 0.240 e. The van der Waals surface area contributed by atoms with E-state index in [1.165, 1.54) is 6.08 Å². The molecule has 0 aliphatic carbocycles. The zero-order valence-corrected chi connectivity index (χ0v) is 9.02. The minimum atomic E-state index is 0.476. The molecule has 0 aliphatic heterocycles. The van der Waals surface area contributed by atoms with Crippen LogP contribution in [0.2, 0.25) is 0 Å². The molecule has 1 heterocycles. The van der Waals surface area contributed by atoms with Crippen LogP contribution in [0.4, 0.5) is 5.69 Å². The maximum absolute atomic E-state index is 10.3. The summed E-state index contributed by atoms with van der Waals surface area (Å²) in [6, 6.07) is 7.16. The summed E-state index contributed by atoms with van der Waals surface area (Å²) in [5, 5.41) is 0. The van der Waals surface area contributed by atoms with Crippen LogP contribution in [-0.2, 0) is 4.79 Å². The molecule has 0 fully saturated rings. The SMILES string of the molecule is Cc1nc(-c2ccccc2N=C=O)oc1C. The van der Waals surface area contributed by atoms with Crippen molar-refractivity contribution in [2.24, 2.45) is 4.99 Å². The Kier molecular flexibility index (Phi) is 2.66. The maximum Gasteiger partial charge on any atom is 0.240 e. The molecule has 2 aromatic rings. The Balaban J connectivity index is 2.59. The summed E-state index contributed by atoms with van der Waals surface area (Å²) in [5.74, 6) is 1.24. The third-order valence-electron chi connectivity index (χ3n) is 2.33. The number of isocyanates is 1. The van der Waals surface area contributed by atoms with E-state index in [4.69, 9.17) is 4.42 Å². The Morgan fingerprint density at radius 2 is 2.06 bits per heavy atom. The van der Waals surface area contributed by atoms with Gasteiger partial charge in [-0.25, -0.2) is 9.78 Å². The lowest BCUT2D eigenvalue weighted by Gasteiger charge is -1.98. The number of aromatic nitrogens is 1. The van der Waals surface area contributed by atoms with Gasteiger partial charge in [0, 0.05) is 0 Å². The van der Waals surface area contributed by atoms with Crippen molar-refractivity contribution in [3.8, 4) is 11.5 Å². The second kappa shape index (κ2) is 4.13. The lowest BCUT2D eigenvalue weighted by molar-refractivity contribution is 0.541. The number of rotatable bonds is 2. The molecular formula is C12H10N2O2. The highest BCUT2D eigenvalue weighted by atomic mass is 16.4. The van der Waals surface area contributed by atoms with E-state index >= 15 is 0 Å². The number of benzene rings is 1. The van der Waals surface area contributed by atoms with Crippen molar-refractivity contribution in [3.63, 3.8) is 0 Å². The van der Waals surface area contributed by atoms with Gasteiger partial charge in [0.05, 0.1) is 16.9 Å². The Bertz CT molecular complexity index is 547. The van der Waals surface area contributed by atoms with Crippen molar-refractivity contribution in [2.45, 2.75) is 13.8 Å². The zero-order valence-electron chi connectivity index (χ0n) is 9.02. The number of hydrogen-bond acceptors (Lipinski definition) is 4. The van der Waals surface area contributed by atoms with Gasteiger partial charge in [-0.15, -0.1) is 0 Å². The van der Waals surface area contributed by atoms with Gasteiger partial charge in [-0.05, 0) is 26.0 Å². The molecule has 16 heavy (non-hydrogen) atoms. The minimum absolute atomic E-state index is 0.476. The molecule has 0 spiro atoms. The summed E-state index contributed by atoms with van der Waals surface area (Å²) >= 11 is 0. The summed E-state index contributed by atoms with van der Waals surface area (Å²) < 4.78 is 5.49. The van der Waals surface area contributed by atoms with Crippen LogP contribution in [0.3, 0.4) is 0 Å². The first-order valence-electron chi connectivity index (χ1n) is 4.83. The summed E-state index contributed by atoms with van der Waals surface area (Å²) in [5.41, 5.74) is 2.04. The number of aryl methyl sites for hydroxylation is 2. The average molecular weight is 214 g/mol. The fourth-order valence-electron chi connectivity index (χ4n) is 1.39. The van der Waals surface area contributed by atoms with Gasteiger partial charge in [-0.1, -0.05) is 12.1 Å². The number of para-hydroxylation sites is 1. The first-order chi connectivity index (χ1) is 7.72. The third kappa shape index (κ3) is 1.78. The fraction of sp³-hybridized carbons (Fsp3) is 0.167. The van der Waals surface area contributed by atoms with Crippen LogP contribution in [-0.4, -0.2) is 11.1 Å². The molecule has 0 saturated carbocycles. The van der Waals surface area contributed by atoms with Crippen LogP contribution in [0.5, 0.6) is 0 Å². The Morgan fingerprint density at radius 1 is 1.31 bits per heavy atom. The Labute approximate surface area is 92.7 Å². The quantitative estimate of drug-likeness (QED) is 0.570. The lowest BCUT2D eigenvalue weighted by Crippen LogP contribution is -1.79. The van der Waals surface area contributed by atoms with E-state index in [1.54, 1.807) is 18.2 Å². The summed E-state index contributed by atoms with van der Waals surface area (Å²) in [4.78, 5) is 18.2. The van der Waals surface area contributed by atoms with E-state index < -0.39 is 0 Å². The van der Waals surface area contributed by atoms with Crippen molar-refractivity contribution in [2.75, 3.05) is 0 Å². The van der Waals surface area contributed by atoms with Crippen LogP contribution in [0.1, 0.15) is 11.5 Å². The first kappa shape index (κ1) is 10.3. The maximum atomic E-state index is 10.3. The first-order valence-corrected chi connectivity index (χ1v) is 4.83. The van der Waals surface area contributed by atoms with Crippen molar-refractivity contribution in [1.82, 2.24) is 4.98 Å². The predicted molar refractivity (Wildman–Crippen MR) is 59.2 cm³/mol. The monoisotopic (exact) mass is 214 g/mol. The van der Waals surface area contributed by atoms with E-state index in [9.17, 15) is 4.79 Å². The normalized spacial score (nSPS) is 9.88. The van der Waals surface area contributed by atoms with Crippen LogP contribution in [0.15, 0.2) is 33.7 Å². The molecule has 0 atom stereocenters. The van der Waals surface area contributed by atoms with Crippen molar-refractivity contribution >= 4 is 11.8 Å². The molecule has 1 aromatic heterocycles. The minimum Gasteiger partial charge on any atom is -0.441 e. The van der Waals surface area contributed by atoms with Gasteiger partial charge in [0.1, 0.15) is 5.76 Å². The van der Waals surface area contributed by atoms with Crippen molar-refractivity contribution < 1.29 is 9.21 Å². The Morgan fingerprint density at radius 3 is 2.69 bits per heavy atom. The Hall–Kier alpha value is -2.19. The topological polar surface area (TPSA) is 55.5 Å². The van der Waals surface area contributed by atoms with Crippen molar-refractivity contribution in [3.05, 3.63) is 35.7 Å². The van der Waals surface area contributed by atoms with E-state index in [0.29, 0.717) is 17.1 Å². The number of hydrogen-bond donors (Lipinski definition) is 0. The standard InChI is InChI=1S/C12H10N2O2/c1-8-9(2)16-12(14-8)10-5-3-4-6-11(10)13-7-15/h3-6H,1-2H3. The van der Waals surface area contributed by atoms with E-state index in [-0.39, 0.29) is 0 Å². The van der Waals surface area contributed by atoms with E-state index in [2.05, 4.69) is 9.98 Å². The number of oxazole rings is 1. The van der Waals surface area contributed by atoms with Crippen LogP contribution in [0.25, 0.3) is 11.5 Å². The third-order valence-corrected chi connectivity index (χ3v) is 2.33. The molecule has 1 aromatic carbocycles. The van der Waals surface area contributed by atoms with Gasteiger partial charge in [-0.2, -0.15) is 4.99 Å². The van der Waals surface area contributed by atoms with Gasteiger partial charge in [-0.3, -0.25) is 0 Å². The molecule has 80 valence electrons. The molecule has 0 saturated heterocycles. The fourth-order valence-corrected chi connectivity index (χ4v) is 1.39. The molecule has 4 nitrogen and oxygen atoms in total. The molecule has 4 heteroatoms. The molecule has 0 bridgehead atoms. The average Bonchev–Trinajstić information content (AvgIpc) is 2.60. The number of nitrogens with zero attached hydrogens (tertiary/aromatic N) is 2.